The van der Waals surface area contributed by atoms with Crippen LogP contribution in [0.1, 0.15) is 15.9 Å². The highest BCUT2D eigenvalue weighted by atomic mass is 16.5. The van der Waals surface area contributed by atoms with Gasteiger partial charge in [-0.3, -0.25) is 10.2 Å². The van der Waals surface area contributed by atoms with Gasteiger partial charge in [-0.05, 0) is 30.3 Å². The molecule has 0 aliphatic carbocycles. The summed E-state index contributed by atoms with van der Waals surface area (Å²) in [7, 11) is 1.30. The lowest BCUT2D eigenvalue weighted by atomic mass is 10.2. The number of hydrogen-bond acceptors (Lipinski definition) is 7. The van der Waals surface area contributed by atoms with Gasteiger partial charge in [-0.15, -0.1) is 0 Å². The van der Waals surface area contributed by atoms with Crippen LogP contribution in [0.15, 0.2) is 54.9 Å². The van der Waals surface area contributed by atoms with E-state index in [1.54, 1.807) is 59.4 Å². The summed E-state index contributed by atoms with van der Waals surface area (Å²) in [5, 5.41) is 10.4. The van der Waals surface area contributed by atoms with Crippen LogP contribution in [0.25, 0.3) is 22.7 Å². The Kier molecular flexibility index (Phi) is 6.53. The lowest BCUT2D eigenvalue weighted by Gasteiger charge is -2.11. The standard InChI is InChI=1S/C23H23N7O4/c1-33-23(32)15-4-2-3-5-18(15)34-11-9-26-19(31)13-30-10-8-27-22(30)21-28-16-7-6-14(20(24)25)12-17(16)29-21/h2-8,10,12H,9,11,13H2,1H3,(H3,24,25)(H,26,31)(H,28,29). The summed E-state index contributed by atoms with van der Waals surface area (Å²) in [5.74, 6) is 0.622. The van der Waals surface area contributed by atoms with Gasteiger partial charge in [0.2, 0.25) is 5.91 Å². The molecule has 0 radical (unpaired) electrons. The number of nitrogens with two attached hydrogens (primary N) is 1. The number of nitrogen functional groups attached to an aromatic ring is 1. The van der Waals surface area contributed by atoms with Gasteiger partial charge < -0.3 is 30.1 Å². The van der Waals surface area contributed by atoms with E-state index in [0.717, 1.165) is 0 Å². The Bertz CT molecular complexity index is 1360. The van der Waals surface area contributed by atoms with Gasteiger partial charge in [-0.1, -0.05) is 12.1 Å². The van der Waals surface area contributed by atoms with Gasteiger partial charge in [-0.25, -0.2) is 14.8 Å². The molecule has 0 spiro atoms. The minimum absolute atomic E-state index is 0.0316. The fourth-order valence-electron chi connectivity index (χ4n) is 3.37. The molecule has 2 aromatic carbocycles. The maximum absolute atomic E-state index is 12.5. The van der Waals surface area contributed by atoms with Crippen molar-refractivity contribution in [3.8, 4) is 17.4 Å². The summed E-state index contributed by atoms with van der Waals surface area (Å²) in [5.41, 5.74) is 7.87. The molecule has 2 heterocycles. The van der Waals surface area contributed by atoms with E-state index in [2.05, 4.69) is 20.3 Å². The molecule has 11 heteroatoms. The van der Waals surface area contributed by atoms with Crippen molar-refractivity contribution in [2.45, 2.75) is 6.54 Å². The molecular weight excluding hydrogens is 438 g/mol. The Balaban J connectivity index is 1.36. The minimum atomic E-state index is -0.490. The number of methoxy groups -OCH3 is 1. The molecule has 4 aromatic rings. The van der Waals surface area contributed by atoms with E-state index in [9.17, 15) is 9.59 Å². The minimum Gasteiger partial charge on any atom is -0.491 e. The third-order valence-electron chi connectivity index (χ3n) is 5.01. The van der Waals surface area contributed by atoms with Crippen LogP contribution in [0, 0.1) is 5.41 Å². The number of hydrogen-bond donors (Lipinski definition) is 4. The molecule has 0 saturated heterocycles. The van der Waals surface area contributed by atoms with Crippen LogP contribution in [0.5, 0.6) is 5.75 Å². The van der Waals surface area contributed by atoms with Crippen molar-refractivity contribution in [1.29, 1.82) is 5.41 Å². The Morgan fingerprint density at radius 3 is 2.85 bits per heavy atom. The molecule has 0 atom stereocenters. The number of esters is 1. The number of para-hydroxylation sites is 1. The van der Waals surface area contributed by atoms with Crippen molar-refractivity contribution in [2.75, 3.05) is 20.3 Å². The number of carbonyl (C=O) groups is 2. The second kappa shape index (κ2) is 9.86. The first-order chi connectivity index (χ1) is 16.5. The summed E-state index contributed by atoms with van der Waals surface area (Å²) in [6.45, 7) is 0.458. The number of aromatic amines is 1. The summed E-state index contributed by atoms with van der Waals surface area (Å²) in [4.78, 5) is 36.3. The molecule has 0 fully saturated rings. The molecule has 0 unspecified atom stereocenters. The molecule has 0 aliphatic heterocycles. The molecule has 174 valence electrons. The zero-order valence-corrected chi connectivity index (χ0v) is 18.4. The van der Waals surface area contributed by atoms with Gasteiger partial charge in [0.25, 0.3) is 0 Å². The number of fused-ring (bicyclic) bond motifs is 1. The molecule has 5 N–H and O–H groups in total. The van der Waals surface area contributed by atoms with Crippen molar-refractivity contribution in [3.05, 3.63) is 66.0 Å². The summed E-state index contributed by atoms with van der Waals surface area (Å²) < 4.78 is 12.0. The van der Waals surface area contributed by atoms with Crippen LogP contribution in [0.4, 0.5) is 0 Å². The van der Waals surface area contributed by atoms with Gasteiger partial charge in [0.1, 0.15) is 30.3 Å². The number of nitrogens with zero attached hydrogens (tertiary/aromatic N) is 3. The lowest BCUT2D eigenvalue weighted by molar-refractivity contribution is -0.121. The molecule has 0 bridgehead atoms. The lowest BCUT2D eigenvalue weighted by Crippen LogP contribution is -2.31. The predicted octanol–water partition coefficient (Wildman–Crippen LogP) is 1.69. The van der Waals surface area contributed by atoms with E-state index in [4.69, 9.17) is 20.6 Å². The number of aromatic nitrogens is 4. The van der Waals surface area contributed by atoms with Gasteiger partial charge in [0.05, 0.1) is 24.7 Å². The van der Waals surface area contributed by atoms with Crippen LogP contribution < -0.4 is 15.8 Å². The smallest absolute Gasteiger partial charge is 0.341 e. The third kappa shape index (κ3) is 4.88. The highest BCUT2D eigenvalue weighted by Crippen LogP contribution is 2.21. The summed E-state index contributed by atoms with van der Waals surface area (Å²) in [6, 6.07) is 12.0. The van der Waals surface area contributed by atoms with Gasteiger partial charge in [0.15, 0.2) is 11.6 Å². The Hall–Kier alpha value is -4.67. The first kappa shape index (κ1) is 22.5. The van der Waals surface area contributed by atoms with Gasteiger partial charge in [0, 0.05) is 18.0 Å². The topological polar surface area (TPSA) is 161 Å². The normalized spacial score (nSPS) is 10.7. The van der Waals surface area contributed by atoms with Crippen molar-refractivity contribution in [3.63, 3.8) is 0 Å². The zero-order valence-electron chi connectivity index (χ0n) is 18.4. The third-order valence-corrected chi connectivity index (χ3v) is 5.01. The Labute approximate surface area is 194 Å². The average Bonchev–Trinajstić information content (AvgIpc) is 3.47. The maximum atomic E-state index is 12.5. The molecule has 0 aliphatic rings. The number of imidazole rings is 2. The fraction of sp³-hybridized carbons (Fsp3) is 0.174. The highest BCUT2D eigenvalue weighted by Gasteiger charge is 2.15. The molecule has 34 heavy (non-hydrogen) atoms. The molecular formula is C23H23N7O4. The first-order valence-corrected chi connectivity index (χ1v) is 10.4. The maximum Gasteiger partial charge on any atom is 0.341 e. The second-order valence-corrected chi connectivity index (χ2v) is 7.30. The van der Waals surface area contributed by atoms with Crippen molar-refractivity contribution in [1.82, 2.24) is 24.8 Å². The first-order valence-electron chi connectivity index (χ1n) is 10.4. The molecule has 2 aromatic heterocycles. The van der Waals surface area contributed by atoms with Crippen molar-refractivity contribution >= 4 is 28.7 Å². The predicted molar refractivity (Wildman–Crippen MR) is 125 cm³/mol. The fourth-order valence-corrected chi connectivity index (χ4v) is 3.37. The van der Waals surface area contributed by atoms with Crippen LogP contribution in [-0.4, -0.2) is 57.5 Å². The van der Waals surface area contributed by atoms with Crippen molar-refractivity contribution in [2.24, 2.45) is 5.73 Å². The van der Waals surface area contributed by atoms with Crippen LogP contribution in [-0.2, 0) is 16.1 Å². The number of carbonyl (C=O) groups excluding carboxylic acids is 2. The van der Waals surface area contributed by atoms with E-state index in [0.29, 0.717) is 39.6 Å². The SMILES string of the molecule is COC(=O)c1ccccc1OCCNC(=O)Cn1ccnc1-c1nc2ccc(C(=N)N)cc2[nH]1. The summed E-state index contributed by atoms with van der Waals surface area (Å²) >= 11 is 0. The number of ether oxygens (including phenoxy) is 2. The van der Waals surface area contributed by atoms with E-state index >= 15 is 0 Å². The highest BCUT2D eigenvalue weighted by molar-refractivity contribution is 5.98. The molecule has 1 amide bonds. The van der Waals surface area contributed by atoms with Gasteiger partial charge in [-0.2, -0.15) is 0 Å². The number of nitrogens with one attached hydrogen (secondary N) is 3. The van der Waals surface area contributed by atoms with E-state index in [1.807, 2.05) is 0 Å². The molecule has 4 rings (SSSR count). The summed E-state index contributed by atoms with van der Waals surface area (Å²) in [6.07, 6.45) is 3.27. The second-order valence-electron chi connectivity index (χ2n) is 7.30. The van der Waals surface area contributed by atoms with Crippen molar-refractivity contribution < 1.29 is 19.1 Å². The zero-order chi connectivity index (χ0) is 24.1. The van der Waals surface area contributed by atoms with E-state index < -0.39 is 5.97 Å². The number of benzene rings is 2. The number of rotatable bonds is 9. The Morgan fingerprint density at radius 2 is 2.06 bits per heavy atom. The quantitative estimate of drug-likeness (QED) is 0.128. The van der Waals surface area contributed by atoms with Crippen LogP contribution >= 0.6 is 0 Å². The molecule has 11 nitrogen and oxygen atoms in total. The number of H-pyrrole nitrogens is 1. The molecule has 0 saturated carbocycles. The Morgan fingerprint density at radius 1 is 1.24 bits per heavy atom. The monoisotopic (exact) mass is 461 g/mol. The average molecular weight is 461 g/mol. The number of amidine groups is 1. The van der Waals surface area contributed by atoms with Gasteiger partial charge >= 0.3 is 5.97 Å². The number of amides is 1. The van der Waals surface area contributed by atoms with Crippen LogP contribution in [0.2, 0.25) is 0 Å². The van der Waals surface area contributed by atoms with E-state index in [1.165, 1.54) is 7.11 Å². The van der Waals surface area contributed by atoms with Crippen LogP contribution in [0.3, 0.4) is 0 Å². The largest absolute Gasteiger partial charge is 0.491 e. The van der Waals surface area contributed by atoms with E-state index in [-0.39, 0.29) is 31.4 Å².